The lowest BCUT2D eigenvalue weighted by Gasteiger charge is -2.07. The van der Waals surface area contributed by atoms with Crippen molar-refractivity contribution in [2.75, 3.05) is 12.3 Å². The minimum Gasteiger partial charge on any atom is -0.461 e. The molecule has 20 heavy (non-hydrogen) atoms. The molecule has 0 saturated heterocycles. The number of nitrogen functional groups attached to an aromatic ring is 1. The van der Waals surface area contributed by atoms with Crippen molar-refractivity contribution in [3.8, 4) is 0 Å². The summed E-state index contributed by atoms with van der Waals surface area (Å²) in [5.74, 6) is 0.474. The topological polar surface area (TPSA) is 83.0 Å². The zero-order valence-electron chi connectivity index (χ0n) is 11.9. The number of hydrogen-bond acceptors (Lipinski definition) is 5. The number of hydrogen-bond donors (Lipinski definition) is 1. The van der Waals surface area contributed by atoms with E-state index in [9.17, 15) is 4.79 Å². The number of pyridine rings is 1. The molecule has 0 spiro atoms. The molecular weight excluding hydrogens is 256 g/mol. The zero-order valence-corrected chi connectivity index (χ0v) is 11.9. The maximum atomic E-state index is 11.7. The number of anilines is 1. The quantitative estimate of drug-likeness (QED) is 0.858. The molecule has 0 bridgehead atoms. The molecule has 0 aliphatic rings. The molecule has 0 aliphatic heterocycles. The predicted octanol–water partition coefficient (Wildman–Crippen LogP) is 1.70. The van der Waals surface area contributed by atoms with Crippen LogP contribution >= 0.6 is 0 Å². The smallest absolute Gasteiger partial charge is 0.360 e. The summed E-state index contributed by atoms with van der Waals surface area (Å²) in [4.78, 5) is 20.3. The molecule has 0 atom stereocenters. The highest BCUT2D eigenvalue weighted by Crippen LogP contribution is 2.17. The number of nitrogens with zero attached hydrogens (tertiary/aromatic N) is 3. The van der Waals surface area contributed by atoms with Crippen molar-refractivity contribution in [2.24, 2.45) is 0 Å². The summed E-state index contributed by atoms with van der Waals surface area (Å²) in [5.41, 5.74) is 7.96. The number of aryl methyl sites for hydroxylation is 2. The Morgan fingerprint density at radius 2 is 2.10 bits per heavy atom. The first-order valence-corrected chi connectivity index (χ1v) is 6.45. The van der Waals surface area contributed by atoms with Crippen molar-refractivity contribution in [2.45, 2.75) is 27.3 Å². The summed E-state index contributed by atoms with van der Waals surface area (Å²) in [6.07, 6.45) is 0. The second-order valence-corrected chi connectivity index (χ2v) is 4.47. The van der Waals surface area contributed by atoms with Gasteiger partial charge in [0.1, 0.15) is 11.6 Å². The fourth-order valence-corrected chi connectivity index (χ4v) is 1.98. The van der Waals surface area contributed by atoms with Crippen molar-refractivity contribution in [1.29, 1.82) is 0 Å². The third-order valence-electron chi connectivity index (χ3n) is 2.93. The van der Waals surface area contributed by atoms with Crippen LogP contribution in [0.1, 0.15) is 34.6 Å². The lowest BCUT2D eigenvalue weighted by atomic mass is 10.3. The van der Waals surface area contributed by atoms with Gasteiger partial charge in [0.15, 0.2) is 5.69 Å². The summed E-state index contributed by atoms with van der Waals surface area (Å²) in [6, 6.07) is 5.78. The Kier molecular flexibility index (Phi) is 4.02. The Balaban J connectivity index is 2.31. The van der Waals surface area contributed by atoms with E-state index in [0.717, 1.165) is 11.4 Å². The van der Waals surface area contributed by atoms with Gasteiger partial charge >= 0.3 is 5.97 Å². The van der Waals surface area contributed by atoms with Crippen LogP contribution in [-0.4, -0.2) is 27.1 Å². The van der Waals surface area contributed by atoms with Gasteiger partial charge in [-0.15, -0.1) is 0 Å². The predicted molar refractivity (Wildman–Crippen MR) is 75.4 cm³/mol. The number of ether oxygens (including phenoxy) is 1. The van der Waals surface area contributed by atoms with E-state index in [0.29, 0.717) is 24.8 Å². The van der Waals surface area contributed by atoms with Crippen LogP contribution in [0.5, 0.6) is 0 Å². The number of rotatable bonds is 4. The molecule has 2 rings (SSSR count). The highest BCUT2D eigenvalue weighted by Gasteiger charge is 2.19. The summed E-state index contributed by atoms with van der Waals surface area (Å²) in [6.45, 7) is 6.25. The van der Waals surface area contributed by atoms with Crippen molar-refractivity contribution >= 4 is 11.8 Å². The third-order valence-corrected chi connectivity index (χ3v) is 2.93. The summed E-state index contributed by atoms with van der Waals surface area (Å²) >= 11 is 0. The second kappa shape index (κ2) is 5.73. The molecule has 0 amide bonds. The first kappa shape index (κ1) is 14.0. The maximum Gasteiger partial charge on any atom is 0.360 e. The van der Waals surface area contributed by atoms with Crippen LogP contribution in [0.15, 0.2) is 18.2 Å². The van der Waals surface area contributed by atoms with Crippen LogP contribution in [0.3, 0.4) is 0 Å². The van der Waals surface area contributed by atoms with E-state index in [1.165, 1.54) is 0 Å². The largest absolute Gasteiger partial charge is 0.461 e. The molecule has 0 saturated carbocycles. The van der Waals surface area contributed by atoms with E-state index >= 15 is 0 Å². The van der Waals surface area contributed by atoms with E-state index in [4.69, 9.17) is 10.5 Å². The van der Waals surface area contributed by atoms with Gasteiger partial charge in [0, 0.05) is 5.69 Å². The summed E-state index contributed by atoms with van der Waals surface area (Å²) < 4.78 is 6.69. The van der Waals surface area contributed by atoms with Crippen molar-refractivity contribution in [3.05, 3.63) is 41.1 Å². The number of imidazole rings is 1. The monoisotopic (exact) mass is 274 g/mol. The van der Waals surface area contributed by atoms with Gasteiger partial charge in [-0.2, -0.15) is 0 Å². The summed E-state index contributed by atoms with van der Waals surface area (Å²) in [5, 5.41) is 0. The number of nitrogens with two attached hydrogens (primary N) is 1. The normalized spacial score (nSPS) is 10.6. The minimum absolute atomic E-state index is 0.164. The van der Waals surface area contributed by atoms with Crippen LogP contribution < -0.4 is 5.73 Å². The summed E-state index contributed by atoms with van der Waals surface area (Å²) in [7, 11) is 0. The van der Waals surface area contributed by atoms with Crippen LogP contribution in [-0.2, 0) is 11.3 Å². The lowest BCUT2D eigenvalue weighted by Crippen LogP contribution is -2.11. The molecule has 0 radical (unpaired) electrons. The Labute approximate surface area is 117 Å². The SMILES string of the molecule is CCOC(=O)c1nc(C)n(Cc2cccc(C)n2)c1N. The van der Waals surface area contributed by atoms with Crippen LogP contribution in [0.4, 0.5) is 5.82 Å². The third kappa shape index (κ3) is 2.79. The first-order chi connectivity index (χ1) is 9.52. The van der Waals surface area contributed by atoms with Crippen molar-refractivity contribution < 1.29 is 9.53 Å². The van der Waals surface area contributed by atoms with Gasteiger partial charge in [0.2, 0.25) is 0 Å². The van der Waals surface area contributed by atoms with Gasteiger partial charge in [-0.05, 0) is 32.9 Å². The average Bonchev–Trinajstić information content (AvgIpc) is 2.67. The fourth-order valence-electron chi connectivity index (χ4n) is 1.98. The van der Waals surface area contributed by atoms with Crippen LogP contribution in [0.25, 0.3) is 0 Å². The van der Waals surface area contributed by atoms with Gasteiger partial charge < -0.3 is 15.0 Å². The molecule has 2 aromatic rings. The minimum atomic E-state index is -0.496. The molecule has 2 N–H and O–H groups in total. The van der Waals surface area contributed by atoms with Crippen LogP contribution in [0, 0.1) is 13.8 Å². The van der Waals surface area contributed by atoms with E-state index in [2.05, 4.69) is 9.97 Å². The number of aromatic nitrogens is 3. The van der Waals surface area contributed by atoms with Gasteiger partial charge in [-0.1, -0.05) is 6.07 Å². The Morgan fingerprint density at radius 3 is 2.75 bits per heavy atom. The molecule has 0 fully saturated rings. The van der Waals surface area contributed by atoms with E-state index in [1.54, 1.807) is 18.4 Å². The highest BCUT2D eigenvalue weighted by atomic mass is 16.5. The van der Waals surface area contributed by atoms with Gasteiger partial charge in [-0.3, -0.25) is 4.98 Å². The molecule has 6 nitrogen and oxygen atoms in total. The Morgan fingerprint density at radius 1 is 1.35 bits per heavy atom. The average molecular weight is 274 g/mol. The van der Waals surface area contributed by atoms with Crippen molar-refractivity contribution in [3.63, 3.8) is 0 Å². The highest BCUT2D eigenvalue weighted by molar-refractivity contribution is 5.92. The lowest BCUT2D eigenvalue weighted by molar-refractivity contribution is 0.0521. The van der Waals surface area contributed by atoms with E-state index in [1.807, 2.05) is 25.1 Å². The Bertz CT molecular complexity index is 634. The maximum absolute atomic E-state index is 11.7. The van der Waals surface area contributed by atoms with Gasteiger partial charge in [-0.25, -0.2) is 9.78 Å². The zero-order chi connectivity index (χ0) is 14.7. The standard InChI is InChI=1S/C14H18N4O2/c1-4-20-14(19)12-13(15)18(10(3)17-12)8-11-7-5-6-9(2)16-11/h5-7H,4,8,15H2,1-3H3. The number of esters is 1. The number of carbonyl (C=O) groups excluding carboxylic acids is 1. The molecule has 0 aliphatic carbocycles. The second-order valence-electron chi connectivity index (χ2n) is 4.47. The molecular formula is C14H18N4O2. The van der Waals surface area contributed by atoms with Gasteiger partial charge in [0.25, 0.3) is 0 Å². The molecule has 106 valence electrons. The molecule has 0 unspecified atom stereocenters. The Hall–Kier alpha value is -2.37. The van der Waals surface area contributed by atoms with Gasteiger partial charge in [0.05, 0.1) is 18.8 Å². The van der Waals surface area contributed by atoms with E-state index in [-0.39, 0.29) is 5.69 Å². The number of carbonyl (C=O) groups is 1. The van der Waals surface area contributed by atoms with E-state index < -0.39 is 5.97 Å². The molecule has 2 heterocycles. The molecule has 0 aromatic carbocycles. The molecule has 2 aromatic heterocycles. The van der Waals surface area contributed by atoms with Crippen LogP contribution in [0.2, 0.25) is 0 Å². The first-order valence-electron chi connectivity index (χ1n) is 6.45. The fraction of sp³-hybridized carbons (Fsp3) is 0.357. The molecule has 6 heteroatoms. The van der Waals surface area contributed by atoms with Crippen molar-refractivity contribution in [1.82, 2.24) is 14.5 Å².